The molecular weight excluding hydrogens is 691 g/mol. The normalized spacial score (nSPS) is 14.8. The third-order valence-corrected chi connectivity index (χ3v) is 11.2. The number of imidazole rings is 1. The maximum Gasteiger partial charge on any atom is 0.246 e. The van der Waals surface area contributed by atoms with E-state index in [9.17, 15) is 14.7 Å². The van der Waals surface area contributed by atoms with Crippen molar-refractivity contribution in [3.05, 3.63) is 134 Å². The van der Waals surface area contributed by atoms with E-state index in [1.165, 1.54) is 12.2 Å². The molecule has 0 aliphatic carbocycles. The lowest BCUT2D eigenvalue weighted by Gasteiger charge is -2.39. The molecule has 5 heterocycles. The number of hydrogen-bond acceptors (Lipinski definition) is 7. The number of likely N-dealkylation sites (tertiary alicyclic amines) is 2. The maximum absolute atomic E-state index is 12.2. The van der Waals surface area contributed by atoms with E-state index in [-0.39, 0.29) is 29.5 Å². The van der Waals surface area contributed by atoms with Crippen molar-refractivity contribution in [1.82, 2.24) is 34.5 Å². The van der Waals surface area contributed by atoms with Crippen molar-refractivity contribution in [2.75, 3.05) is 26.2 Å². The van der Waals surface area contributed by atoms with Crippen molar-refractivity contribution in [1.29, 1.82) is 0 Å². The van der Waals surface area contributed by atoms with Gasteiger partial charge in [-0.25, -0.2) is 9.97 Å². The molecule has 11 heteroatoms. The highest BCUT2D eigenvalue weighted by atomic mass is 16.3. The minimum Gasteiger partial charge on any atom is -0.508 e. The van der Waals surface area contributed by atoms with Crippen LogP contribution in [0.3, 0.4) is 0 Å². The lowest BCUT2D eigenvalue weighted by Crippen LogP contribution is -2.49. The minimum atomic E-state index is -0.104. The molecule has 10 rings (SSSR count). The Balaban J connectivity index is 1.08. The molecule has 2 N–H and O–H groups in total. The Morgan fingerprint density at radius 1 is 0.855 bits per heavy atom. The average Bonchev–Trinajstić information content (AvgIpc) is 3.92. The Morgan fingerprint density at radius 3 is 2.45 bits per heavy atom. The Bertz CT molecular complexity index is 2890. The Hall–Kier alpha value is -7.01. The molecule has 5 aromatic carbocycles. The van der Waals surface area contributed by atoms with Crippen LogP contribution in [0.2, 0.25) is 0 Å². The fourth-order valence-corrected chi connectivity index (χ4v) is 8.23. The molecule has 270 valence electrons. The second kappa shape index (κ2) is 12.6. The number of carbonyl (C=O) groups is 2. The zero-order valence-corrected chi connectivity index (χ0v) is 29.8. The van der Waals surface area contributed by atoms with Gasteiger partial charge >= 0.3 is 0 Å². The molecule has 0 unspecified atom stereocenters. The summed E-state index contributed by atoms with van der Waals surface area (Å²) in [5.74, 6) is 0.593. The van der Waals surface area contributed by atoms with Crippen molar-refractivity contribution in [3.63, 3.8) is 0 Å². The van der Waals surface area contributed by atoms with Crippen molar-refractivity contribution < 1.29 is 19.1 Å². The summed E-state index contributed by atoms with van der Waals surface area (Å²) in [5, 5.41) is 21.3. The number of oxazole rings is 1. The molecule has 3 aromatic heterocycles. The first kappa shape index (κ1) is 32.6. The monoisotopic (exact) mass is 725 g/mol. The van der Waals surface area contributed by atoms with Crippen LogP contribution < -0.4 is 0 Å². The predicted molar refractivity (Wildman–Crippen MR) is 212 cm³/mol. The number of nitrogens with one attached hydrogen (secondary N) is 1. The number of phenolic OH excluding ortho intramolecular Hbond substituents is 1. The number of fused-ring (bicyclic) bond motifs is 4. The van der Waals surface area contributed by atoms with Crippen LogP contribution in [0.1, 0.15) is 29.0 Å². The zero-order valence-electron chi connectivity index (χ0n) is 29.8. The molecular formula is C44H35N7O4. The van der Waals surface area contributed by atoms with E-state index in [2.05, 4.69) is 70.4 Å². The maximum atomic E-state index is 12.2. The van der Waals surface area contributed by atoms with Crippen LogP contribution in [0.4, 0.5) is 0 Å². The highest BCUT2D eigenvalue weighted by Crippen LogP contribution is 2.40. The smallest absolute Gasteiger partial charge is 0.246 e. The van der Waals surface area contributed by atoms with Crippen LogP contribution in [0.15, 0.2) is 121 Å². The summed E-state index contributed by atoms with van der Waals surface area (Å²) in [5.41, 5.74) is 10.0. The first-order valence-electron chi connectivity index (χ1n) is 18.2. The molecule has 0 saturated carbocycles. The van der Waals surface area contributed by atoms with E-state index in [0.717, 1.165) is 66.1 Å². The van der Waals surface area contributed by atoms with Gasteiger partial charge in [0, 0.05) is 43.5 Å². The first-order valence-corrected chi connectivity index (χ1v) is 18.2. The number of phenols is 1. The molecule has 0 spiro atoms. The lowest BCUT2D eigenvalue weighted by atomic mass is 9.90. The van der Waals surface area contributed by atoms with E-state index >= 15 is 0 Å². The van der Waals surface area contributed by atoms with Crippen LogP contribution in [0.5, 0.6) is 5.75 Å². The van der Waals surface area contributed by atoms with Gasteiger partial charge in [0.2, 0.25) is 17.7 Å². The number of amides is 2. The zero-order chi connectivity index (χ0) is 37.4. The molecule has 8 aromatic rings. The highest BCUT2D eigenvalue weighted by molar-refractivity contribution is 6.01. The largest absolute Gasteiger partial charge is 0.508 e. The van der Waals surface area contributed by atoms with Crippen LogP contribution in [0.25, 0.3) is 66.1 Å². The summed E-state index contributed by atoms with van der Waals surface area (Å²) in [6.45, 7) is 9.52. The molecule has 55 heavy (non-hydrogen) atoms. The molecule has 11 nitrogen and oxygen atoms in total. The number of benzene rings is 5. The van der Waals surface area contributed by atoms with Gasteiger partial charge in [-0.15, -0.1) is 0 Å². The summed E-state index contributed by atoms with van der Waals surface area (Å²) in [4.78, 5) is 37.6. The summed E-state index contributed by atoms with van der Waals surface area (Å²) in [6.07, 6.45) is 6.92. The lowest BCUT2D eigenvalue weighted by molar-refractivity contribution is -0.131. The van der Waals surface area contributed by atoms with Crippen molar-refractivity contribution >= 4 is 55.6 Å². The van der Waals surface area contributed by atoms with Gasteiger partial charge in [0.25, 0.3) is 0 Å². The van der Waals surface area contributed by atoms with E-state index in [1.807, 2.05) is 36.8 Å². The van der Waals surface area contributed by atoms with E-state index in [4.69, 9.17) is 14.4 Å². The number of aromatic amines is 1. The first-order chi connectivity index (χ1) is 26.8. The fraction of sp³-hybridized carbons (Fsp3) is 0.159. The number of carbonyl (C=O) groups excluding carboxylic acids is 2. The Morgan fingerprint density at radius 2 is 1.64 bits per heavy atom. The average molecular weight is 726 g/mol. The Labute approximate surface area is 314 Å². The molecule has 0 bridgehead atoms. The summed E-state index contributed by atoms with van der Waals surface area (Å²) >= 11 is 0. The van der Waals surface area contributed by atoms with Crippen LogP contribution in [-0.2, 0) is 16.0 Å². The second-order valence-corrected chi connectivity index (χ2v) is 14.5. The fourth-order valence-electron chi connectivity index (χ4n) is 8.23. The number of nitrogens with zero attached hydrogens (tertiary/aromatic N) is 6. The number of H-pyrrole nitrogens is 1. The molecule has 2 aliphatic heterocycles. The van der Waals surface area contributed by atoms with Crippen molar-refractivity contribution in [2.45, 2.75) is 18.4 Å². The number of hydrogen-bond donors (Lipinski definition) is 2. The van der Waals surface area contributed by atoms with Crippen LogP contribution >= 0.6 is 0 Å². The number of aromatic hydroxyl groups is 1. The SMILES string of the molecule is C=CC(=O)N1CC(c2nc3cc(-c4cc(O)cc5ccccc45)cc(Cc4ccc5[nH]ncc5c4-c4ccc5c(c4)ncn5C4CN(C(=O)C=C)C4)c3o2)C1. The Kier molecular flexibility index (Phi) is 7.44. The minimum absolute atomic E-state index is 0.0240. The topological polar surface area (TPSA) is 133 Å². The van der Waals surface area contributed by atoms with Gasteiger partial charge in [-0.1, -0.05) is 49.6 Å². The molecule has 0 radical (unpaired) electrons. The van der Waals surface area contributed by atoms with Gasteiger partial charge in [0.1, 0.15) is 11.3 Å². The molecule has 2 fully saturated rings. The summed E-state index contributed by atoms with van der Waals surface area (Å²) in [7, 11) is 0. The van der Waals surface area contributed by atoms with Gasteiger partial charge in [-0.2, -0.15) is 5.10 Å². The number of aromatic nitrogens is 5. The molecule has 2 aliphatic rings. The van der Waals surface area contributed by atoms with E-state index < -0.39 is 0 Å². The second-order valence-electron chi connectivity index (χ2n) is 14.5. The van der Waals surface area contributed by atoms with Gasteiger partial charge in [0.15, 0.2) is 5.58 Å². The molecule has 2 saturated heterocycles. The van der Waals surface area contributed by atoms with Crippen LogP contribution in [0, 0.1) is 0 Å². The third kappa shape index (κ3) is 5.38. The highest BCUT2D eigenvalue weighted by Gasteiger charge is 2.35. The van der Waals surface area contributed by atoms with E-state index in [0.29, 0.717) is 49.6 Å². The number of rotatable bonds is 8. The van der Waals surface area contributed by atoms with Gasteiger partial charge in [0.05, 0.1) is 41.0 Å². The predicted octanol–water partition coefficient (Wildman–Crippen LogP) is 7.52. The van der Waals surface area contributed by atoms with Gasteiger partial charge < -0.3 is 23.9 Å². The van der Waals surface area contributed by atoms with Gasteiger partial charge in [-0.3, -0.25) is 14.7 Å². The standard InChI is InChI=1S/C44H35N7O4/c1-3-40(53)49-20-30(21-49)44-47-38-17-28(34-18-32(52)15-25-7-5-6-8-33(25)34)14-29(43(38)55-44)13-26-9-11-36-35(19-46-48-36)42(26)27-10-12-39-37(16-27)45-24-51(39)31-22-50(23-31)41(54)4-2/h3-12,14-19,24,30-31,52H,1-2,13,20-23H2,(H,46,48). The third-order valence-electron chi connectivity index (χ3n) is 11.2. The van der Waals surface area contributed by atoms with Crippen molar-refractivity contribution in [3.8, 4) is 28.0 Å². The van der Waals surface area contributed by atoms with E-state index in [1.54, 1.807) is 21.9 Å². The molecule has 2 amide bonds. The van der Waals surface area contributed by atoms with Crippen molar-refractivity contribution in [2.24, 2.45) is 0 Å². The molecule has 0 atom stereocenters. The quantitative estimate of drug-likeness (QED) is 0.155. The van der Waals surface area contributed by atoms with Crippen LogP contribution in [-0.4, -0.2) is 77.6 Å². The summed E-state index contributed by atoms with van der Waals surface area (Å²) < 4.78 is 8.75. The van der Waals surface area contributed by atoms with Gasteiger partial charge in [-0.05, 0) is 93.2 Å². The summed E-state index contributed by atoms with van der Waals surface area (Å²) in [6, 6.07) is 26.4.